The van der Waals surface area contributed by atoms with E-state index >= 15 is 0 Å². The third kappa shape index (κ3) is 3.87. The van der Waals surface area contributed by atoms with Crippen molar-refractivity contribution in [2.75, 3.05) is 16.8 Å². The first-order valence-corrected chi connectivity index (χ1v) is 8.70. The van der Waals surface area contributed by atoms with Gasteiger partial charge in [0.2, 0.25) is 11.8 Å². The molecule has 0 unspecified atom stereocenters. The summed E-state index contributed by atoms with van der Waals surface area (Å²) in [6, 6.07) is 11.8. The van der Waals surface area contributed by atoms with Crippen LogP contribution in [-0.4, -0.2) is 23.3 Å². The summed E-state index contributed by atoms with van der Waals surface area (Å²) in [5.41, 5.74) is 3.02. The third-order valence-electron chi connectivity index (χ3n) is 4.53. The number of carbonyl (C=O) groups excluding carboxylic acids is 2. The number of anilines is 2. The Balaban J connectivity index is 1.67. The zero-order chi connectivity index (χ0) is 17.8. The Labute approximate surface area is 148 Å². The lowest BCUT2D eigenvalue weighted by Crippen LogP contribution is -2.28. The van der Waals surface area contributed by atoms with Gasteiger partial charge < -0.3 is 10.2 Å². The molecule has 1 saturated heterocycles. The molecule has 1 atom stereocenters. The largest absolute Gasteiger partial charge is 0.312 e. The molecule has 5 nitrogen and oxygen atoms in total. The van der Waals surface area contributed by atoms with E-state index < -0.39 is 0 Å². The number of pyridine rings is 1. The molecule has 1 fully saturated rings. The summed E-state index contributed by atoms with van der Waals surface area (Å²) >= 11 is 0. The third-order valence-corrected chi connectivity index (χ3v) is 4.53. The average molecular weight is 337 g/mol. The Kier molecular flexibility index (Phi) is 5.12. The van der Waals surface area contributed by atoms with Crippen LogP contribution in [0.4, 0.5) is 11.5 Å². The minimum Gasteiger partial charge on any atom is -0.312 e. The van der Waals surface area contributed by atoms with E-state index in [4.69, 9.17) is 0 Å². The maximum atomic E-state index is 12.5. The predicted octanol–water partition coefficient (Wildman–Crippen LogP) is 3.33. The lowest BCUT2D eigenvalue weighted by Gasteiger charge is -2.17. The summed E-state index contributed by atoms with van der Waals surface area (Å²) in [5, 5.41) is 2.84. The molecule has 130 valence electrons. The van der Waals surface area contributed by atoms with Gasteiger partial charge in [-0.3, -0.25) is 9.59 Å². The molecule has 1 aromatic carbocycles. The van der Waals surface area contributed by atoms with Gasteiger partial charge in [-0.1, -0.05) is 31.5 Å². The Bertz CT molecular complexity index is 771. The van der Waals surface area contributed by atoms with Crippen LogP contribution in [0.15, 0.2) is 42.6 Å². The van der Waals surface area contributed by atoms with Gasteiger partial charge >= 0.3 is 0 Å². The first-order valence-electron chi connectivity index (χ1n) is 8.70. The standard InChI is InChI=1S/C20H23N3O2/c1-3-5-15-7-9-17(10-8-15)23-13-16(12-18(23)24)20(25)22-19-14(2)6-4-11-21-19/h4,6-11,16H,3,5,12-13H2,1-2H3,(H,21,22,25)/t16-/m0/s1. The van der Waals surface area contributed by atoms with E-state index in [1.165, 1.54) is 5.56 Å². The van der Waals surface area contributed by atoms with Crippen LogP contribution in [0.3, 0.4) is 0 Å². The van der Waals surface area contributed by atoms with Gasteiger partial charge in [0.25, 0.3) is 0 Å². The van der Waals surface area contributed by atoms with Gasteiger partial charge in [0.05, 0.1) is 5.92 Å². The molecule has 1 N–H and O–H groups in total. The predicted molar refractivity (Wildman–Crippen MR) is 98.5 cm³/mol. The highest BCUT2D eigenvalue weighted by Crippen LogP contribution is 2.26. The van der Waals surface area contributed by atoms with Crippen LogP contribution in [-0.2, 0) is 16.0 Å². The normalized spacial score (nSPS) is 17.0. The van der Waals surface area contributed by atoms with E-state index in [0.29, 0.717) is 12.4 Å². The summed E-state index contributed by atoms with van der Waals surface area (Å²) in [6.45, 7) is 4.45. The van der Waals surface area contributed by atoms with E-state index in [1.807, 2.05) is 31.2 Å². The topological polar surface area (TPSA) is 62.3 Å². The molecule has 2 amide bonds. The van der Waals surface area contributed by atoms with Crippen molar-refractivity contribution in [3.05, 3.63) is 53.7 Å². The van der Waals surface area contributed by atoms with Gasteiger partial charge in [0.1, 0.15) is 5.82 Å². The van der Waals surface area contributed by atoms with Gasteiger partial charge in [-0.2, -0.15) is 0 Å². The van der Waals surface area contributed by atoms with Crippen molar-refractivity contribution in [2.24, 2.45) is 5.92 Å². The average Bonchev–Trinajstić information content (AvgIpc) is 3.00. The molecule has 0 spiro atoms. The van der Waals surface area contributed by atoms with Gasteiger partial charge in [-0.15, -0.1) is 0 Å². The lowest BCUT2D eigenvalue weighted by molar-refractivity contribution is -0.122. The quantitative estimate of drug-likeness (QED) is 0.910. The summed E-state index contributed by atoms with van der Waals surface area (Å²) in [7, 11) is 0. The number of nitrogens with zero attached hydrogens (tertiary/aromatic N) is 2. The summed E-state index contributed by atoms with van der Waals surface area (Å²) in [4.78, 5) is 30.7. The number of hydrogen-bond donors (Lipinski definition) is 1. The lowest BCUT2D eigenvalue weighted by atomic mass is 10.1. The number of hydrogen-bond acceptors (Lipinski definition) is 3. The highest BCUT2D eigenvalue weighted by molar-refractivity contribution is 6.03. The smallest absolute Gasteiger partial charge is 0.230 e. The minimum atomic E-state index is -0.357. The molecule has 3 rings (SSSR count). The Morgan fingerprint density at radius 3 is 2.72 bits per heavy atom. The Morgan fingerprint density at radius 1 is 1.28 bits per heavy atom. The number of aryl methyl sites for hydroxylation is 2. The first-order chi connectivity index (χ1) is 12.1. The zero-order valence-electron chi connectivity index (χ0n) is 14.7. The van der Waals surface area contributed by atoms with Crippen molar-refractivity contribution >= 4 is 23.3 Å². The van der Waals surface area contributed by atoms with Crippen molar-refractivity contribution in [3.63, 3.8) is 0 Å². The van der Waals surface area contributed by atoms with Crippen LogP contribution in [0.2, 0.25) is 0 Å². The fourth-order valence-corrected chi connectivity index (χ4v) is 3.10. The number of rotatable bonds is 5. The second-order valence-electron chi connectivity index (χ2n) is 6.48. The van der Waals surface area contributed by atoms with Crippen LogP contribution < -0.4 is 10.2 Å². The molecule has 5 heteroatoms. The van der Waals surface area contributed by atoms with Crippen LogP contribution in [0.1, 0.15) is 30.9 Å². The maximum absolute atomic E-state index is 12.5. The van der Waals surface area contributed by atoms with Gasteiger partial charge in [-0.25, -0.2) is 4.98 Å². The Hall–Kier alpha value is -2.69. The minimum absolute atomic E-state index is 0.0128. The monoisotopic (exact) mass is 337 g/mol. The van der Waals surface area contributed by atoms with Crippen molar-refractivity contribution in [1.29, 1.82) is 0 Å². The van der Waals surface area contributed by atoms with Crippen LogP contribution >= 0.6 is 0 Å². The van der Waals surface area contributed by atoms with E-state index in [0.717, 1.165) is 24.1 Å². The van der Waals surface area contributed by atoms with Gasteiger partial charge in [0, 0.05) is 24.8 Å². The molecule has 25 heavy (non-hydrogen) atoms. The molecule has 0 radical (unpaired) electrons. The summed E-state index contributed by atoms with van der Waals surface area (Å²) in [6.07, 6.45) is 4.00. The van der Waals surface area contributed by atoms with Crippen LogP contribution in [0.25, 0.3) is 0 Å². The summed E-state index contributed by atoms with van der Waals surface area (Å²) < 4.78 is 0. The first kappa shape index (κ1) is 17.1. The van der Waals surface area contributed by atoms with E-state index in [9.17, 15) is 9.59 Å². The molecule has 2 heterocycles. The molecule has 1 aliphatic heterocycles. The fraction of sp³-hybridized carbons (Fsp3) is 0.350. The van der Waals surface area contributed by atoms with Crippen molar-refractivity contribution in [3.8, 4) is 0 Å². The highest BCUT2D eigenvalue weighted by atomic mass is 16.2. The zero-order valence-corrected chi connectivity index (χ0v) is 14.7. The van der Waals surface area contributed by atoms with Crippen molar-refractivity contribution in [2.45, 2.75) is 33.1 Å². The number of nitrogens with one attached hydrogen (secondary N) is 1. The number of carbonyl (C=O) groups is 2. The van der Waals surface area contributed by atoms with Crippen LogP contribution in [0, 0.1) is 12.8 Å². The molecular formula is C20H23N3O2. The molecular weight excluding hydrogens is 314 g/mol. The van der Waals surface area contributed by atoms with Gasteiger partial charge in [0.15, 0.2) is 0 Å². The van der Waals surface area contributed by atoms with Gasteiger partial charge in [-0.05, 0) is 42.7 Å². The van der Waals surface area contributed by atoms with Crippen molar-refractivity contribution in [1.82, 2.24) is 4.98 Å². The Morgan fingerprint density at radius 2 is 2.04 bits per heavy atom. The summed E-state index contributed by atoms with van der Waals surface area (Å²) in [5.74, 6) is 0.0351. The second kappa shape index (κ2) is 7.47. The number of aromatic nitrogens is 1. The van der Waals surface area contributed by atoms with E-state index in [2.05, 4.69) is 29.4 Å². The number of amides is 2. The number of benzene rings is 1. The fourth-order valence-electron chi connectivity index (χ4n) is 3.10. The second-order valence-corrected chi connectivity index (χ2v) is 6.48. The molecule has 2 aromatic rings. The van der Waals surface area contributed by atoms with Crippen molar-refractivity contribution < 1.29 is 9.59 Å². The maximum Gasteiger partial charge on any atom is 0.230 e. The highest BCUT2D eigenvalue weighted by Gasteiger charge is 2.35. The molecule has 1 aromatic heterocycles. The molecule has 0 bridgehead atoms. The van der Waals surface area contributed by atoms with E-state index in [1.54, 1.807) is 11.1 Å². The van der Waals surface area contributed by atoms with Crippen LogP contribution in [0.5, 0.6) is 0 Å². The SMILES string of the molecule is CCCc1ccc(N2C[C@@H](C(=O)Nc3ncccc3C)CC2=O)cc1. The molecule has 1 aliphatic rings. The van der Waals surface area contributed by atoms with E-state index in [-0.39, 0.29) is 24.2 Å². The molecule has 0 saturated carbocycles. The molecule has 0 aliphatic carbocycles.